The lowest BCUT2D eigenvalue weighted by Gasteiger charge is -2.19. The van der Waals surface area contributed by atoms with Gasteiger partial charge in [0.05, 0.1) is 22.8 Å². The van der Waals surface area contributed by atoms with E-state index in [0.717, 1.165) is 22.3 Å². The van der Waals surface area contributed by atoms with Crippen LogP contribution in [-0.2, 0) is 0 Å². The molecule has 5 heteroatoms. The van der Waals surface area contributed by atoms with Crippen LogP contribution in [0.5, 0.6) is 0 Å². The molecular weight excluding hydrogens is 312 g/mol. The maximum absolute atomic E-state index is 13.0. The summed E-state index contributed by atoms with van der Waals surface area (Å²) >= 11 is 0. The van der Waals surface area contributed by atoms with Crippen LogP contribution >= 0.6 is 0 Å². The van der Waals surface area contributed by atoms with Gasteiger partial charge in [0, 0.05) is 24.7 Å². The van der Waals surface area contributed by atoms with Gasteiger partial charge in [-0.1, -0.05) is 30.3 Å². The number of carbonyl (C=O) groups is 1. The summed E-state index contributed by atoms with van der Waals surface area (Å²) in [6.45, 7) is 9.48. The van der Waals surface area contributed by atoms with Crippen molar-refractivity contribution in [1.29, 1.82) is 0 Å². The second-order valence-electron chi connectivity index (χ2n) is 6.32. The lowest BCUT2D eigenvalue weighted by molar-refractivity contribution is 0.0775. The molecule has 0 fully saturated rings. The van der Waals surface area contributed by atoms with Gasteiger partial charge in [-0.25, -0.2) is 9.67 Å². The minimum Gasteiger partial charge on any atom is -0.339 e. The fraction of sp³-hybridized carbons (Fsp3) is 0.350. The third-order valence-corrected chi connectivity index (χ3v) is 4.41. The second kappa shape index (κ2) is 7.05. The molecule has 0 aliphatic heterocycles. The van der Waals surface area contributed by atoms with Gasteiger partial charge < -0.3 is 4.90 Å². The fourth-order valence-corrected chi connectivity index (χ4v) is 3.01. The van der Waals surface area contributed by atoms with E-state index in [1.165, 1.54) is 0 Å². The Kier molecular flexibility index (Phi) is 4.83. The van der Waals surface area contributed by atoms with Crippen LogP contribution in [0.4, 0.5) is 0 Å². The fourth-order valence-electron chi connectivity index (χ4n) is 3.01. The first kappa shape index (κ1) is 17.1. The molecule has 3 aromatic rings. The number of aromatic nitrogens is 3. The van der Waals surface area contributed by atoms with Gasteiger partial charge in [0.15, 0.2) is 5.65 Å². The Morgan fingerprint density at radius 3 is 2.44 bits per heavy atom. The van der Waals surface area contributed by atoms with Crippen molar-refractivity contribution in [3.05, 3.63) is 48.2 Å². The topological polar surface area (TPSA) is 51.0 Å². The second-order valence-corrected chi connectivity index (χ2v) is 6.32. The van der Waals surface area contributed by atoms with Gasteiger partial charge in [-0.3, -0.25) is 4.79 Å². The van der Waals surface area contributed by atoms with Crippen molar-refractivity contribution < 1.29 is 4.79 Å². The van der Waals surface area contributed by atoms with E-state index >= 15 is 0 Å². The van der Waals surface area contributed by atoms with E-state index in [2.05, 4.69) is 18.9 Å². The molecule has 0 aliphatic rings. The standard InChI is InChI=1S/C20H24N4O/c1-5-23(6-2)20(25)16-12-18(15-10-8-7-9-11-15)22-19-17(16)13-21-24(19)14(3)4/h7-14H,5-6H2,1-4H3. The summed E-state index contributed by atoms with van der Waals surface area (Å²) in [4.78, 5) is 19.7. The number of pyridine rings is 1. The number of amides is 1. The third-order valence-electron chi connectivity index (χ3n) is 4.41. The molecule has 1 aromatic carbocycles. The number of benzene rings is 1. The number of rotatable bonds is 5. The first-order valence-electron chi connectivity index (χ1n) is 8.79. The molecule has 1 amide bonds. The molecule has 0 atom stereocenters. The molecule has 3 rings (SSSR count). The lowest BCUT2D eigenvalue weighted by atomic mass is 10.1. The molecule has 0 spiro atoms. The summed E-state index contributed by atoms with van der Waals surface area (Å²) in [5.41, 5.74) is 3.21. The highest BCUT2D eigenvalue weighted by atomic mass is 16.2. The summed E-state index contributed by atoms with van der Waals surface area (Å²) in [5, 5.41) is 5.28. The largest absolute Gasteiger partial charge is 0.339 e. The van der Waals surface area contributed by atoms with Gasteiger partial charge in [0.25, 0.3) is 5.91 Å². The van der Waals surface area contributed by atoms with Gasteiger partial charge in [-0.15, -0.1) is 0 Å². The smallest absolute Gasteiger partial charge is 0.254 e. The zero-order valence-electron chi connectivity index (χ0n) is 15.2. The van der Waals surface area contributed by atoms with Crippen molar-refractivity contribution in [3.8, 4) is 11.3 Å². The van der Waals surface area contributed by atoms with Crippen LogP contribution in [0.2, 0.25) is 0 Å². The van der Waals surface area contributed by atoms with Crippen LogP contribution in [-0.4, -0.2) is 38.7 Å². The van der Waals surface area contributed by atoms with Gasteiger partial charge in [0.2, 0.25) is 0 Å². The SMILES string of the molecule is CCN(CC)C(=O)c1cc(-c2ccccc2)nc2c1cnn2C(C)C. The maximum Gasteiger partial charge on any atom is 0.254 e. The highest BCUT2D eigenvalue weighted by Crippen LogP contribution is 2.27. The van der Waals surface area contributed by atoms with Crippen molar-refractivity contribution in [2.45, 2.75) is 33.7 Å². The van der Waals surface area contributed by atoms with E-state index in [0.29, 0.717) is 18.7 Å². The van der Waals surface area contributed by atoms with Crippen LogP contribution in [0.25, 0.3) is 22.3 Å². The average molecular weight is 336 g/mol. The van der Waals surface area contributed by atoms with Crippen LogP contribution < -0.4 is 0 Å². The Morgan fingerprint density at radius 2 is 1.84 bits per heavy atom. The molecule has 0 N–H and O–H groups in total. The van der Waals surface area contributed by atoms with Crippen LogP contribution in [0.15, 0.2) is 42.6 Å². The van der Waals surface area contributed by atoms with E-state index < -0.39 is 0 Å². The highest BCUT2D eigenvalue weighted by Gasteiger charge is 2.21. The Labute approximate surface area is 148 Å². The van der Waals surface area contributed by atoms with E-state index in [4.69, 9.17) is 4.98 Å². The normalized spacial score (nSPS) is 11.2. The molecule has 2 aromatic heterocycles. The Hall–Kier alpha value is -2.69. The average Bonchev–Trinajstić information content (AvgIpc) is 3.06. The predicted molar refractivity (Wildman–Crippen MR) is 101 cm³/mol. The van der Waals surface area contributed by atoms with Gasteiger partial charge >= 0.3 is 0 Å². The minimum atomic E-state index is 0.0258. The van der Waals surface area contributed by atoms with Crippen LogP contribution in [0, 0.1) is 0 Å². The number of nitrogens with zero attached hydrogens (tertiary/aromatic N) is 4. The number of carbonyl (C=O) groups excluding carboxylic acids is 1. The summed E-state index contributed by atoms with van der Waals surface area (Å²) < 4.78 is 1.88. The molecule has 0 saturated carbocycles. The summed E-state index contributed by atoms with van der Waals surface area (Å²) in [6.07, 6.45) is 1.76. The van der Waals surface area contributed by atoms with E-state index in [1.807, 2.05) is 59.8 Å². The molecule has 0 unspecified atom stereocenters. The monoisotopic (exact) mass is 336 g/mol. The number of fused-ring (bicyclic) bond motifs is 1. The number of hydrogen-bond donors (Lipinski definition) is 0. The van der Waals surface area contributed by atoms with Crippen LogP contribution in [0.1, 0.15) is 44.1 Å². The third kappa shape index (κ3) is 3.14. The van der Waals surface area contributed by atoms with Crippen molar-refractivity contribution in [1.82, 2.24) is 19.7 Å². The maximum atomic E-state index is 13.0. The first-order valence-corrected chi connectivity index (χ1v) is 8.79. The predicted octanol–water partition coefficient (Wildman–Crippen LogP) is 4.16. The molecule has 2 heterocycles. The lowest BCUT2D eigenvalue weighted by Crippen LogP contribution is -2.30. The zero-order chi connectivity index (χ0) is 18.0. The summed E-state index contributed by atoms with van der Waals surface area (Å²) in [5.74, 6) is 0.0258. The van der Waals surface area contributed by atoms with E-state index in [1.54, 1.807) is 6.20 Å². The van der Waals surface area contributed by atoms with Gasteiger partial charge in [0.1, 0.15) is 0 Å². The quantitative estimate of drug-likeness (QED) is 0.703. The molecule has 5 nitrogen and oxygen atoms in total. The molecular formula is C20H24N4O. The summed E-state index contributed by atoms with van der Waals surface area (Å²) in [7, 11) is 0. The Bertz CT molecular complexity index is 879. The Morgan fingerprint density at radius 1 is 1.16 bits per heavy atom. The molecule has 0 aliphatic carbocycles. The van der Waals surface area contributed by atoms with Crippen LogP contribution in [0.3, 0.4) is 0 Å². The molecule has 0 bridgehead atoms. The van der Waals surface area contributed by atoms with Gasteiger partial charge in [-0.05, 0) is 33.8 Å². The van der Waals surface area contributed by atoms with E-state index in [9.17, 15) is 4.79 Å². The molecule has 0 radical (unpaired) electrons. The molecule has 130 valence electrons. The zero-order valence-corrected chi connectivity index (χ0v) is 15.2. The van der Waals surface area contributed by atoms with E-state index in [-0.39, 0.29) is 11.9 Å². The van der Waals surface area contributed by atoms with Crippen molar-refractivity contribution in [2.75, 3.05) is 13.1 Å². The first-order chi connectivity index (χ1) is 12.1. The van der Waals surface area contributed by atoms with Crippen molar-refractivity contribution in [3.63, 3.8) is 0 Å². The van der Waals surface area contributed by atoms with Crippen molar-refractivity contribution in [2.24, 2.45) is 0 Å². The van der Waals surface area contributed by atoms with Gasteiger partial charge in [-0.2, -0.15) is 5.10 Å². The molecule has 0 saturated heterocycles. The summed E-state index contributed by atoms with van der Waals surface area (Å²) in [6, 6.07) is 12.0. The Balaban J connectivity index is 2.26. The molecule has 25 heavy (non-hydrogen) atoms. The highest BCUT2D eigenvalue weighted by molar-refractivity contribution is 6.06. The van der Waals surface area contributed by atoms with Crippen molar-refractivity contribution >= 4 is 16.9 Å². The number of hydrogen-bond acceptors (Lipinski definition) is 3. The minimum absolute atomic E-state index is 0.0258.